The zero-order valence-electron chi connectivity index (χ0n) is 16.1. The zero-order chi connectivity index (χ0) is 19.6. The second kappa shape index (κ2) is 10.5. The molecule has 0 aliphatic carbocycles. The number of ether oxygens (including phenoxy) is 3. The summed E-state index contributed by atoms with van der Waals surface area (Å²) in [4.78, 5) is 24.5. The van der Waals surface area contributed by atoms with Crippen LogP contribution in [-0.2, 0) is 33.7 Å². The molecule has 27 heavy (non-hydrogen) atoms. The maximum absolute atomic E-state index is 12.4. The first-order valence-corrected chi connectivity index (χ1v) is 9.05. The van der Waals surface area contributed by atoms with Crippen molar-refractivity contribution in [3.05, 3.63) is 70.3 Å². The van der Waals surface area contributed by atoms with Crippen LogP contribution in [-0.4, -0.2) is 32.8 Å². The molecule has 0 N–H and O–H groups in total. The lowest BCUT2D eigenvalue weighted by atomic mass is 9.91. The molecule has 0 bridgehead atoms. The number of hydrogen-bond acceptors (Lipinski definition) is 5. The average Bonchev–Trinajstić information content (AvgIpc) is 2.71. The predicted octanol–water partition coefficient (Wildman–Crippen LogP) is 3.97. The summed E-state index contributed by atoms with van der Waals surface area (Å²) in [6.45, 7) is 3.00. The predicted molar refractivity (Wildman–Crippen MR) is 103 cm³/mol. The van der Waals surface area contributed by atoms with Gasteiger partial charge in [-0.05, 0) is 35.6 Å². The Kier molecular flexibility index (Phi) is 8.01. The fourth-order valence-corrected chi connectivity index (χ4v) is 3.03. The Labute approximate surface area is 160 Å². The lowest BCUT2D eigenvalue weighted by Gasteiger charge is -2.16. The maximum atomic E-state index is 12.4. The van der Waals surface area contributed by atoms with Gasteiger partial charge in [0.05, 0.1) is 38.6 Å². The molecule has 2 aromatic rings. The van der Waals surface area contributed by atoms with Crippen molar-refractivity contribution in [2.45, 2.75) is 32.8 Å². The van der Waals surface area contributed by atoms with Crippen LogP contribution in [0.2, 0.25) is 0 Å². The van der Waals surface area contributed by atoms with Crippen molar-refractivity contribution in [3.8, 4) is 0 Å². The fraction of sp³-hybridized carbons (Fsp3) is 0.364. The molecular weight excluding hydrogens is 344 g/mol. The van der Waals surface area contributed by atoms with E-state index in [0.717, 1.165) is 29.5 Å². The molecule has 0 aliphatic heterocycles. The first-order chi connectivity index (χ1) is 13.1. The van der Waals surface area contributed by atoms with E-state index in [2.05, 4.69) is 6.92 Å². The average molecular weight is 370 g/mol. The Morgan fingerprint density at radius 3 is 2.22 bits per heavy atom. The summed E-state index contributed by atoms with van der Waals surface area (Å²) in [5, 5.41) is 0. The zero-order valence-corrected chi connectivity index (χ0v) is 16.1. The lowest BCUT2D eigenvalue weighted by Crippen LogP contribution is -2.17. The van der Waals surface area contributed by atoms with Gasteiger partial charge in [-0.3, -0.25) is 0 Å². The normalized spacial score (nSPS) is 10.5. The highest BCUT2D eigenvalue weighted by atomic mass is 16.5. The molecule has 0 unspecified atom stereocenters. The van der Waals surface area contributed by atoms with Crippen molar-refractivity contribution < 1.29 is 23.8 Å². The van der Waals surface area contributed by atoms with Crippen LogP contribution in [0.25, 0.3) is 0 Å². The summed E-state index contributed by atoms with van der Waals surface area (Å²) in [6.07, 6.45) is 2.24. The quantitative estimate of drug-likeness (QED) is 0.494. The number of aryl methyl sites for hydroxylation is 1. The Balaban J connectivity index is 2.26. The van der Waals surface area contributed by atoms with Gasteiger partial charge < -0.3 is 14.2 Å². The number of hydrogen-bond donors (Lipinski definition) is 0. The molecule has 0 aromatic heterocycles. The highest BCUT2D eigenvalue weighted by Crippen LogP contribution is 2.24. The third-order valence-electron chi connectivity index (χ3n) is 4.33. The minimum atomic E-state index is -0.551. The molecule has 0 radical (unpaired) electrons. The summed E-state index contributed by atoms with van der Waals surface area (Å²) in [5.41, 5.74) is 3.40. The highest BCUT2D eigenvalue weighted by Gasteiger charge is 2.24. The highest BCUT2D eigenvalue weighted by molar-refractivity contribution is 6.04. The number of methoxy groups -OCH3 is 2. The van der Waals surface area contributed by atoms with Crippen LogP contribution in [0.3, 0.4) is 0 Å². The molecule has 0 atom stereocenters. The molecule has 2 aromatic carbocycles. The van der Waals surface area contributed by atoms with Crippen molar-refractivity contribution in [2.75, 3.05) is 20.8 Å². The van der Waals surface area contributed by atoms with E-state index >= 15 is 0 Å². The molecule has 2 rings (SSSR count). The first-order valence-electron chi connectivity index (χ1n) is 9.05. The number of benzene rings is 2. The summed E-state index contributed by atoms with van der Waals surface area (Å²) in [5.74, 6) is -1.09. The van der Waals surface area contributed by atoms with Crippen LogP contribution in [0.1, 0.15) is 50.8 Å². The first kappa shape index (κ1) is 20.6. The minimum Gasteiger partial charge on any atom is -0.465 e. The second-order valence-electron chi connectivity index (χ2n) is 6.15. The van der Waals surface area contributed by atoms with Gasteiger partial charge in [0.15, 0.2) is 0 Å². The summed E-state index contributed by atoms with van der Waals surface area (Å²) >= 11 is 0. The second-order valence-corrected chi connectivity index (χ2v) is 6.15. The van der Waals surface area contributed by atoms with Crippen LogP contribution in [0.4, 0.5) is 0 Å². The van der Waals surface area contributed by atoms with Crippen LogP contribution in [0.5, 0.6) is 0 Å². The van der Waals surface area contributed by atoms with Gasteiger partial charge in [-0.2, -0.15) is 0 Å². The van der Waals surface area contributed by atoms with Crippen molar-refractivity contribution in [1.82, 2.24) is 0 Å². The number of carbonyl (C=O) groups excluding carboxylic acids is 2. The lowest BCUT2D eigenvalue weighted by molar-refractivity contribution is 0.0553. The van der Waals surface area contributed by atoms with Crippen LogP contribution >= 0.6 is 0 Å². The van der Waals surface area contributed by atoms with E-state index in [1.165, 1.54) is 14.2 Å². The van der Waals surface area contributed by atoms with Crippen molar-refractivity contribution in [1.29, 1.82) is 0 Å². The standard InChI is InChI=1S/C22H26O5/c1-4-8-17-11-12-19(21(23)25-2)20(22(24)26-3)18(17)13-14-27-15-16-9-6-5-7-10-16/h5-7,9-12H,4,8,13-15H2,1-3H3. The van der Waals surface area contributed by atoms with Crippen LogP contribution in [0, 0.1) is 0 Å². The smallest absolute Gasteiger partial charge is 0.339 e. The Morgan fingerprint density at radius 1 is 0.889 bits per heavy atom. The molecule has 5 nitrogen and oxygen atoms in total. The Bertz CT molecular complexity index is 768. The van der Waals surface area contributed by atoms with E-state index in [1.807, 2.05) is 36.4 Å². The van der Waals surface area contributed by atoms with Crippen LogP contribution < -0.4 is 0 Å². The van der Waals surface area contributed by atoms with Crippen molar-refractivity contribution in [2.24, 2.45) is 0 Å². The largest absolute Gasteiger partial charge is 0.465 e. The van der Waals surface area contributed by atoms with Crippen LogP contribution in [0.15, 0.2) is 42.5 Å². The van der Waals surface area contributed by atoms with Gasteiger partial charge >= 0.3 is 11.9 Å². The maximum Gasteiger partial charge on any atom is 0.339 e. The summed E-state index contributed by atoms with van der Waals surface area (Å²) in [6, 6.07) is 13.4. The molecular formula is C22H26O5. The number of rotatable bonds is 9. The fourth-order valence-electron chi connectivity index (χ4n) is 3.03. The SMILES string of the molecule is CCCc1ccc(C(=O)OC)c(C(=O)OC)c1CCOCc1ccccc1. The van der Waals surface area contributed by atoms with E-state index in [0.29, 0.717) is 19.6 Å². The van der Waals surface area contributed by atoms with Gasteiger partial charge in [-0.15, -0.1) is 0 Å². The third kappa shape index (κ3) is 5.41. The molecule has 0 saturated carbocycles. The Morgan fingerprint density at radius 2 is 1.59 bits per heavy atom. The molecule has 5 heteroatoms. The Hall–Kier alpha value is -2.66. The van der Waals surface area contributed by atoms with Gasteiger partial charge in [0.1, 0.15) is 0 Å². The van der Waals surface area contributed by atoms with E-state index < -0.39 is 11.9 Å². The van der Waals surface area contributed by atoms with Crippen molar-refractivity contribution in [3.63, 3.8) is 0 Å². The third-order valence-corrected chi connectivity index (χ3v) is 4.33. The molecule has 0 saturated heterocycles. The summed E-state index contributed by atoms with van der Waals surface area (Å²) < 4.78 is 15.5. The van der Waals surface area contributed by atoms with Gasteiger partial charge in [0.25, 0.3) is 0 Å². The number of esters is 2. The molecule has 0 spiro atoms. The van der Waals surface area contributed by atoms with Gasteiger partial charge in [-0.1, -0.05) is 49.7 Å². The molecule has 0 fully saturated rings. The van der Waals surface area contributed by atoms with Gasteiger partial charge in [0.2, 0.25) is 0 Å². The topological polar surface area (TPSA) is 61.8 Å². The van der Waals surface area contributed by atoms with E-state index in [1.54, 1.807) is 6.07 Å². The molecule has 0 amide bonds. The van der Waals surface area contributed by atoms with Gasteiger partial charge in [0, 0.05) is 0 Å². The van der Waals surface area contributed by atoms with Crippen molar-refractivity contribution >= 4 is 11.9 Å². The van der Waals surface area contributed by atoms with E-state index in [9.17, 15) is 9.59 Å². The van der Waals surface area contributed by atoms with E-state index in [4.69, 9.17) is 14.2 Å². The monoisotopic (exact) mass is 370 g/mol. The summed E-state index contributed by atoms with van der Waals surface area (Å²) in [7, 11) is 2.61. The number of carbonyl (C=O) groups is 2. The van der Waals surface area contributed by atoms with E-state index in [-0.39, 0.29) is 11.1 Å². The molecule has 144 valence electrons. The molecule has 0 aliphatic rings. The minimum absolute atomic E-state index is 0.224. The molecule has 0 heterocycles. The van der Waals surface area contributed by atoms with Gasteiger partial charge in [-0.25, -0.2) is 9.59 Å².